The number of benzene rings is 2. The summed E-state index contributed by atoms with van der Waals surface area (Å²) in [5.41, 5.74) is 0.359. The number of hydrogen-bond acceptors (Lipinski definition) is 5. The average Bonchev–Trinajstić information content (AvgIpc) is 2.54. The van der Waals surface area contributed by atoms with E-state index in [0.717, 1.165) is 0 Å². The highest BCUT2D eigenvalue weighted by atomic mass is 35.5. The zero-order valence-corrected chi connectivity index (χ0v) is 14.1. The summed E-state index contributed by atoms with van der Waals surface area (Å²) in [6.45, 7) is -0.573. The van der Waals surface area contributed by atoms with Crippen molar-refractivity contribution in [1.82, 2.24) is 0 Å². The van der Waals surface area contributed by atoms with Gasteiger partial charge in [-0.15, -0.1) is 0 Å². The van der Waals surface area contributed by atoms with E-state index in [1.54, 1.807) is 24.3 Å². The third kappa shape index (κ3) is 4.53. The van der Waals surface area contributed by atoms with Gasteiger partial charge >= 0.3 is 5.97 Å². The fourth-order valence-corrected chi connectivity index (χ4v) is 3.16. The van der Waals surface area contributed by atoms with Crippen LogP contribution in [0.15, 0.2) is 47.4 Å². The molecule has 0 amide bonds. The Balaban J connectivity index is 2.19. The molecule has 0 spiro atoms. The van der Waals surface area contributed by atoms with Crippen molar-refractivity contribution in [3.05, 3.63) is 47.5 Å². The number of aliphatic carboxylic acids is 1. The van der Waals surface area contributed by atoms with Crippen LogP contribution < -0.4 is 14.2 Å². The lowest BCUT2D eigenvalue weighted by molar-refractivity contribution is -0.139. The summed E-state index contributed by atoms with van der Waals surface area (Å²) >= 11 is 5.93. The molecule has 0 aliphatic heterocycles. The van der Waals surface area contributed by atoms with Gasteiger partial charge in [0.15, 0.2) is 6.61 Å². The summed E-state index contributed by atoms with van der Waals surface area (Å²) in [5, 5.41) is 8.56. The zero-order chi connectivity index (χ0) is 17.7. The number of nitrogens with one attached hydrogen (secondary N) is 1. The van der Waals surface area contributed by atoms with Crippen molar-refractivity contribution < 1.29 is 27.8 Å². The van der Waals surface area contributed by atoms with Crippen LogP contribution in [0.5, 0.6) is 11.5 Å². The summed E-state index contributed by atoms with van der Waals surface area (Å²) in [7, 11) is -2.34. The molecule has 9 heteroatoms. The molecule has 2 N–H and O–H groups in total. The first-order chi connectivity index (χ1) is 11.3. The van der Waals surface area contributed by atoms with Gasteiger partial charge in [0.1, 0.15) is 11.5 Å². The molecule has 0 bridgehead atoms. The minimum atomic E-state index is -3.85. The predicted octanol–water partition coefficient (Wildman–Crippen LogP) is 2.61. The van der Waals surface area contributed by atoms with Crippen LogP contribution in [-0.4, -0.2) is 33.2 Å². The fraction of sp³-hybridized carbons (Fsp3) is 0.133. The predicted molar refractivity (Wildman–Crippen MR) is 88.4 cm³/mol. The van der Waals surface area contributed by atoms with E-state index in [1.807, 2.05) is 0 Å². The lowest BCUT2D eigenvalue weighted by Crippen LogP contribution is -2.13. The van der Waals surface area contributed by atoms with E-state index in [-0.39, 0.29) is 15.7 Å². The Labute approximate surface area is 143 Å². The molecule has 2 aromatic rings. The second-order valence-corrected chi connectivity index (χ2v) is 6.70. The molecule has 24 heavy (non-hydrogen) atoms. The van der Waals surface area contributed by atoms with Gasteiger partial charge in [0.25, 0.3) is 10.0 Å². The van der Waals surface area contributed by atoms with Crippen LogP contribution in [0.4, 0.5) is 5.69 Å². The van der Waals surface area contributed by atoms with Gasteiger partial charge in [-0.05, 0) is 42.5 Å². The molecule has 0 atom stereocenters. The van der Waals surface area contributed by atoms with Crippen LogP contribution in [0.25, 0.3) is 0 Å². The van der Waals surface area contributed by atoms with E-state index in [2.05, 4.69) is 4.72 Å². The number of hydrogen-bond donors (Lipinski definition) is 2. The number of sulfonamides is 1. The van der Waals surface area contributed by atoms with Crippen LogP contribution in [-0.2, 0) is 14.8 Å². The largest absolute Gasteiger partial charge is 0.497 e. The molecule has 0 heterocycles. The summed E-state index contributed by atoms with van der Waals surface area (Å²) in [6.07, 6.45) is 0. The van der Waals surface area contributed by atoms with Crippen molar-refractivity contribution >= 4 is 33.3 Å². The molecule has 2 rings (SSSR count). The Morgan fingerprint density at radius 3 is 2.42 bits per heavy atom. The van der Waals surface area contributed by atoms with Crippen molar-refractivity contribution in [1.29, 1.82) is 0 Å². The summed E-state index contributed by atoms with van der Waals surface area (Å²) < 4.78 is 37.1. The van der Waals surface area contributed by atoms with E-state index >= 15 is 0 Å². The highest BCUT2D eigenvalue weighted by molar-refractivity contribution is 7.92. The Kier molecular flexibility index (Phi) is 5.53. The Morgan fingerprint density at radius 2 is 1.88 bits per heavy atom. The number of ether oxygens (including phenoxy) is 2. The zero-order valence-electron chi connectivity index (χ0n) is 12.5. The van der Waals surface area contributed by atoms with Gasteiger partial charge in [-0.25, -0.2) is 13.2 Å². The van der Waals surface area contributed by atoms with Crippen LogP contribution in [0.2, 0.25) is 5.02 Å². The second kappa shape index (κ2) is 7.41. The number of anilines is 1. The molecule has 0 aliphatic rings. The number of methoxy groups -OCH3 is 1. The number of carboxylic acids is 1. The lowest BCUT2D eigenvalue weighted by atomic mass is 10.3. The van der Waals surface area contributed by atoms with Crippen LogP contribution >= 0.6 is 11.6 Å². The van der Waals surface area contributed by atoms with Gasteiger partial charge in [-0.1, -0.05) is 11.6 Å². The van der Waals surface area contributed by atoms with E-state index in [1.165, 1.54) is 25.3 Å². The Morgan fingerprint density at radius 1 is 1.21 bits per heavy atom. The third-order valence-electron chi connectivity index (χ3n) is 2.91. The maximum absolute atomic E-state index is 12.3. The Bertz CT molecular complexity index is 836. The average molecular weight is 372 g/mol. The van der Waals surface area contributed by atoms with Crippen LogP contribution in [0, 0.1) is 0 Å². The van der Waals surface area contributed by atoms with Crippen molar-refractivity contribution in [2.75, 3.05) is 18.4 Å². The van der Waals surface area contributed by atoms with Gasteiger partial charge in [0.2, 0.25) is 0 Å². The standard InChI is InChI=1S/C15H14ClNO6S/c1-22-11-4-2-10(3-5-11)17-24(20,21)12-6-7-14(13(16)8-12)23-9-15(18)19/h2-8,17H,9H2,1H3,(H,18,19). The maximum Gasteiger partial charge on any atom is 0.341 e. The van der Waals surface area contributed by atoms with Gasteiger partial charge in [-0.3, -0.25) is 4.72 Å². The number of carbonyl (C=O) groups is 1. The van der Waals surface area contributed by atoms with E-state index < -0.39 is 22.6 Å². The fourth-order valence-electron chi connectivity index (χ4n) is 1.78. The first-order valence-corrected chi connectivity index (χ1v) is 8.49. The molecular weight excluding hydrogens is 358 g/mol. The first kappa shape index (κ1) is 17.9. The van der Waals surface area contributed by atoms with Crippen LogP contribution in [0.3, 0.4) is 0 Å². The van der Waals surface area contributed by atoms with E-state index in [9.17, 15) is 13.2 Å². The highest BCUT2D eigenvalue weighted by Crippen LogP contribution is 2.28. The lowest BCUT2D eigenvalue weighted by Gasteiger charge is -2.11. The minimum Gasteiger partial charge on any atom is -0.497 e. The van der Waals surface area contributed by atoms with Crippen molar-refractivity contribution in [2.45, 2.75) is 4.90 Å². The van der Waals surface area contributed by atoms with Crippen molar-refractivity contribution in [3.63, 3.8) is 0 Å². The molecule has 0 aliphatic carbocycles. The summed E-state index contributed by atoms with van der Waals surface area (Å²) in [6, 6.07) is 10.1. The molecule has 0 saturated heterocycles. The summed E-state index contributed by atoms with van der Waals surface area (Å²) in [5.74, 6) is -0.479. The van der Waals surface area contributed by atoms with Gasteiger partial charge in [0, 0.05) is 5.69 Å². The Hall–Kier alpha value is -2.45. The molecule has 0 radical (unpaired) electrons. The molecule has 0 saturated carbocycles. The molecule has 0 fully saturated rings. The molecule has 2 aromatic carbocycles. The molecule has 0 unspecified atom stereocenters. The number of carboxylic acid groups (broad SMARTS) is 1. The first-order valence-electron chi connectivity index (χ1n) is 6.63. The highest BCUT2D eigenvalue weighted by Gasteiger charge is 2.17. The molecule has 7 nitrogen and oxygen atoms in total. The smallest absolute Gasteiger partial charge is 0.341 e. The second-order valence-electron chi connectivity index (χ2n) is 4.61. The molecular formula is C15H14ClNO6S. The van der Waals surface area contributed by atoms with Crippen molar-refractivity contribution in [3.8, 4) is 11.5 Å². The number of halogens is 1. The number of rotatable bonds is 7. The van der Waals surface area contributed by atoms with Crippen molar-refractivity contribution in [2.24, 2.45) is 0 Å². The monoisotopic (exact) mass is 371 g/mol. The normalized spacial score (nSPS) is 10.9. The topological polar surface area (TPSA) is 102 Å². The minimum absolute atomic E-state index is 0.00569. The SMILES string of the molecule is COc1ccc(NS(=O)(=O)c2ccc(OCC(=O)O)c(Cl)c2)cc1. The van der Waals surface area contributed by atoms with E-state index in [4.69, 9.17) is 26.2 Å². The van der Waals surface area contributed by atoms with Crippen LogP contribution in [0.1, 0.15) is 0 Å². The van der Waals surface area contributed by atoms with Gasteiger partial charge in [0.05, 0.1) is 17.0 Å². The van der Waals surface area contributed by atoms with Gasteiger partial charge < -0.3 is 14.6 Å². The van der Waals surface area contributed by atoms with E-state index in [0.29, 0.717) is 11.4 Å². The quantitative estimate of drug-likeness (QED) is 0.775. The third-order valence-corrected chi connectivity index (χ3v) is 4.58. The maximum atomic E-state index is 12.3. The van der Waals surface area contributed by atoms with Gasteiger partial charge in [-0.2, -0.15) is 0 Å². The molecule has 0 aromatic heterocycles. The molecule has 128 valence electrons. The summed E-state index contributed by atoms with van der Waals surface area (Å²) in [4.78, 5) is 10.4.